The van der Waals surface area contributed by atoms with Crippen LogP contribution >= 0.6 is 11.8 Å². The van der Waals surface area contributed by atoms with Gasteiger partial charge in [0, 0.05) is 6.20 Å². The Hall–Kier alpha value is -2.54. The van der Waals surface area contributed by atoms with Crippen molar-refractivity contribution < 1.29 is 13.9 Å². The molecule has 3 aromatic rings. The van der Waals surface area contributed by atoms with Crippen LogP contribution in [0.15, 0.2) is 52.2 Å². The first-order chi connectivity index (χ1) is 12.2. The Morgan fingerprint density at radius 3 is 2.88 bits per heavy atom. The average Bonchev–Trinajstić information content (AvgIpc) is 3.04. The van der Waals surface area contributed by atoms with Gasteiger partial charge in [-0.3, -0.25) is 4.79 Å². The van der Waals surface area contributed by atoms with Gasteiger partial charge in [-0.2, -0.15) is 4.98 Å². The Labute approximate surface area is 150 Å². The number of oxazole rings is 1. The van der Waals surface area contributed by atoms with Gasteiger partial charge >= 0.3 is 0 Å². The fraction of sp³-hybridized carbons (Fsp3) is 0.278. The molecule has 0 fully saturated rings. The summed E-state index contributed by atoms with van der Waals surface area (Å²) in [5, 5.41) is 3.04. The van der Waals surface area contributed by atoms with Gasteiger partial charge in [-0.15, -0.1) is 0 Å². The van der Waals surface area contributed by atoms with E-state index in [-0.39, 0.29) is 11.2 Å². The van der Waals surface area contributed by atoms with Crippen molar-refractivity contribution >= 4 is 34.6 Å². The third-order valence-corrected chi connectivity index (χ3v) is 4.70. The highest BCUT2D eigenvalue weighted by Crippen LogP contribution is 2.30. The lowest BCUT2D eigenvalue weighted by Gasteiger charge is -2.15. The quantitative estimate of drug-likeness (QED) is 0.641. The number of ether oxygens (including phenoxy) is 1. The highest BCUT2D eigenvalue weighted by molar-refractivity contribution is 8.00. The second kappa shape index (κ2) is 8.02. The largest absolute Gasteiger partial charge is 0.492 e. The minimum atomic E-state index is -0.331. The minimum Gasteiger partial charge on any atom is -0.492 e. The number of rotatable bonds is 7. The molecule has 0 bridgehead atoms. The second-order valence-corrected chi connectivity index (χ2v) is 6.39. The Balaban J connectivity index is 1.73. The molecule has 2 heterocycles. The summed E-state index contributed by atoms with van der Waals surface area (Å²) in [5.74, 6) is 0.541. The van der Waals surface area contributed by atoms with Crippen LogP contribution in [0.25, 0.3) is 11.2 Å². The van der Waals surface area contributed by atoms with Gasteiger partial charge < -0.3 is 14.5 Å². The number of fused-ring (bicyclic) bond motifs is 1. The molecule has 2 aromatic heterocycles. The number of aromatic nitrogens is 2. The van der Waals surface area contributed by atoms with E-state index >= 15 is 0 Å². The summed E-state index contributed by atoms with van der Waals surface area (Å²) in [6, 6.07) is 11.0. The molecule has 0 saturated heterocycles. The Kier molecular flexibility index (Phi) is 5.55. The maximum Gasteiger partial charge on any atom is 0.259 e. The molecule has 130 valence electrons. The summed E-state index contributed by atoms with van der Waals surface area (Å²) in [4.78, 5) is 21.1. The van der Waals surface area contributed by atoms with Crippen LogP contribution in [-0.2, 0) is 4.79 Å². The highest BCUT2D eigenvalue weighted by atomic mass is 32.2. The summed E-state index contributed by atoms with van der Waals surface area (Å²) in [6.07, 6.45) is 2.30. The summed E-state index contributed by atoms with van der Waals surface area (Å²) < 4.78 is 11.2. The van der Waals surface area contributed by atoms with E-state index in [2.05, 4.69) is 15.3 Å². The fourth-order valence-corrected chi connectivity index (χ4v) is 3.16. The summed E-state index contributed by atoms with van der Waals surface area (Å²) in [7, 11) is 0. The number of hydrogen-bond acceptors (Lipinski definition) is 6. The predicted octanol–water partition coefficient (Wildman–Crippen LogP) is 4.13. The number of nitrogens with one attached hydrogen (secondary N) is 1. The van der Waals surface area contributed by atoms with Crippen LogP contribution in [0.5, 0.6) is 5.75 Å². The monoisotopic (exact) mass is 357 g/mol. The van der Waals surface area contributed by atoms with E-state index in [0.29, 0.717) is 40.9 Å². The number of hydrogen-bond donors (Lipinski definition) is 1. The van der Waals surface area contributed by atoms with Crippen molar-refractivity contribution in [3.8, 4) is 5.75 Å². The molecule has 7 heteroatoms. The van der Waals surface area contributed by atoms with Crippen molar-refractivity contribution in [2.24, 2.45) is 0 Å². The molecule has 0 saturated carbocycles. The van der Waals surface area contributed by atoms with Gasteiger partial charge in [-0.05, 0) is 37.6 Å². The summed E-state index contributed by atoms with van der Waals surface area (Å²) in [6.45, 7) is 4.39. The number of benzene rings is 1. The molecule has 0 radical (unpaired) electrons. The highest BCUT2D eigenvalue weighted by Gasteiger charge is 2.22. The molecule has 1 atom stereocenters. The number of pyridine rings is 1. The van der Waals surface area contributed by atoms with Crippen LogP contribution in [0.3, 0.4) is 0 Å². The summed E-state index contributed by atoms with van der Waals surface area (Å²) in [5.41, 5.74) is 1.82. The van der Waals surface area contributed by atoms with Crippen LogP contribution in [0.2, 0.25) is 0 Å². The number of carbonyl (C=O) groups is 1. The van der Waals surface area contributed by atoms with Gasteiger partial charge in [0.05, 0.1) is 17.5 Å². The maximum absolute atomic E-state index is 12.6. The second-order valence-electron chi connectivity index (χ2n) is 5.24. The molecule has 0 aliphatic carbocycles. The standard InChI is InChI=1S/C18H19N3O3S/c1-3-15(25-18-21-16-14(24-18)10-7-11-19-16)17(22)20-12-8-5-6-9-13(12)23-4-2/h5-11,15H,3-4H2,1-2H3,(H,20,22)/t15-/m0/s1. The topological polar surface area (TPSA) is 77.2 Å². The Bertz CT molecular complexity index is 832. The fourth-order valence-electron chi connectivity index (χ4n) is 2.31. The van der Waals surface area contributed by atoms with E-state index in [4.69, 9.17) is 9.15 Å². The first-order valence-electron chi connectivity index (χ1n) is 8.12. The van der Waals surface area contributed by atoms with E-state index in [1.165, 1.54) is 11.8 Å². The molecule has 0 aliphatic heterocycles. The van der Waals surface area contributed by atoms with Gasteiger partial charge in [0.1, 0.15) is 5.75 Å². The van der Waals surface area contributed by atoms with E-state index in [9.17, 15) is 4.79 Å². The van der Waals surface area contributed by atoms with Crippen molar-refractivity contribution in [3.05, 3.63) is 42.6 Å². The molecular weight excluding hydrogens is 338 g/mol. The normalized spacial score (nSPS) is 12.1. The lowest BCUT2D eigenvalue weighted by Crippen LogP contribution is -2.24. The van der Waals surface area contributed by atoms with Crippen LogP contribution in [0, 0.1) is 0 Å². The van der Waals surface area contributed by atoms with Gasteiger partial charge in [0.25, 0.3) is 5.22 Å². The van der Waals surface area contributed by atoms with Crippen LogP contribution in [0.4, 0.5) is 5.69 Å². The van der Waals surface area contributed by atoms with Gasteiger partial charge in [-0.25, -0.2) is 4.98 Å². The zero-order chi connectivity index (χ0) is 17.6. The van der Waals surface area contributed by atoms with Crippen molar-refractivity contribution in [1.29, 1.82) is 0 Å². The third kappa shape index (κ3) is 4.11. The Morgan fingerprint density at radius 1 is 1.28 bits per heavy atom. The molecular formula is C18H19N3O3S. The van der Waals surface area contributed by atoms with Crippen LogP contribution in [-0.4, -0.2) is 27.7 Å². The smallest absolute Gasteiger partial charge is 0.259 e. The van der Waals surface area contributed by atoms with Gasteiger partial charge in [0.2, 0.25) is 5.91 Å². The number of nitrogens with zero attached hydrogens (tertiary/aromatic N) is 2. The van der Waals surface area contributed by atoms with Crippen LogP contribution in [0.1, 0.15) is 20.3 Å². The molecule has 6 nitrogen and oxygen atoms in total. The first-order valence-corrected chi connectivity index (χ1v) is 9.00. The Morgan fingerprint density at radius 2 is 2.12 bits per heavy atom. The van der Waals surface area contributed by atoms with E-state index in [1.807, 2.05) is 38.1 Å². The zero-order valence-electron chi connectivity index (χ0n) is 14.1. The van der Waals surface area contributed by atoms with Crippen molar-refractivity contribution in [1.82, 2.24) is 9.97 Å². The van der Waals surface area contributed by atoms with Crippen molar-refractivity contribution in [2.45, 2.75) is 30.7 Å². The number of para-hydroxylation sites is 2. The van der Waals surface area contributed by atoms with E-state index < -0.39 is 0 Å². The minimum absolute atomic E-state index is 0.116. The number of carbonyl (C=O) groups excluding carboxylic acids is 1. The summed E-state index contributed by atoms with van der Waals surface area (Å²) >= 11 is 1.29. The van der Waals surface area contributed by atoms with E-state index in [1.54, 1.807) is 18.3 Å². The number of anilines is 1. The average molecular weight is 357 g/mol. The molecule has 3 rings (SSSR count). The molecule has 0 spiro atoms. The SMILES string of the molecule is CCOc1ccccc1NC(=O)[C@H](CC)Sc1nc2ncccc2o1. The van der Waals surface area contributed by atoms with Gasteiger partial charge in [0.15, 0.2) is 11.2 Å². The predicted molar refractivity (Wildman–Crippen MR) is 98.0 cm³/mol. The first kappa shape index (κ1) is 17.3. The molecule has 1 aromatic carbocycles. The molecule has 0 aliphatic rings. The van der Waals surface area contributed by atoms with Crippen LogP contribution < -0.4 is 10.1 Å². The number of thioether (sulfide) groups is 1. The number of amides is 1. The zero-order valence-corrected chi connectivity index (χ0v) is 14.9. The molecule has 25 heavy (non-hydrogen) atoms. The maximum atomic E-state index is 12.6. The van der Waals surface area contributed by atoms with E-state index in [0.717, 1.165) is 0 Å². The van der Waals surface area contributed by atoms with Crippen molar-refractivity contribution in [2.75, 3.05) is 11.9 Å². The molecule has 0 unspecified atom stereocenters. The van der Waals surface area contributed by atoms with Gasteiger partial charge in [-0.1, -0.05) is 30.8 Å². The molecule has 1 N–H and O–H groups in total. The van der Waals surface area contributed by atoms with Crippen molar-refractivity contribution in [3.63, 3.8) is 0 Å². The lowest BCUT2D eigenvalue weighted by atomic mass is 10.2. The molecule has 1 amide bonds. The third-order valence-electron chi connectivity index (χ3n) is 3.50. The lowest BCUT2D eigenvalue weighted by molar-refractivity contribution is -0.115.